The molecule has 0 bridgehead atoms. The van der Waals surface area contributed by atoms with E-state index < -0.39 is 0 Å². The maximum atomic E-state index is 13.3. The van der Waals surface area contributed by atoms with Crippen molar-refractivity contribution in [2.45, 2.75) is 6.42 Å². The molecular formula is C12H19FN2O. The van der Waals surface area contributed by atoms with Crippen molar-refractivity contribution < 1.29 is 9.13 Å². The van der Waals surface area contributed by atoms with Crippen LogP contribution in [-0.4, -0.2) is 33.9 Å². The van der Waals surface area contributed by atoms with Crippen LogP contribution in [0.2, 0.25) is 0 Å². The van der Waals surface area contributed by atoms with Gasteiger partial charge in [0.1, 0.15) is 5.82 Å². The van der Waals surface area contributed by atoms with Crippen molar-refractivity contribution in [1.29, 1.82) is 0 Å². The Kier molecular flexibility index (Phi) is 5.22. The molecule has 0 saturated carbocycles. The zero-order valence-corrected chi connectivity index (χ0v) is 9.87. The number of likely N-dealkylation sites (N-methyl/N-ethyl adjacent to an activating group) is 1. The van der Waals surface area contributed by atoms with Gasteiger partial charge in [0.05, 0.1) is 6.61 Å². The highest BCUT2D eigenvalue weighted by Crippen LogP contribution is 2.17. The lowest BCUT2D eigenvalue weighted by atomic mass is 10.1. The molecule has 0 radical (unpaired) electrons. The molecule has 0 atom stereocenters. The molecule has 2 N–H and O–H groups in total. The molecule has 90 valence electrons. The molecule has 0 aliphatic carbocycles. The first kappa shape index (κ1) is 12.9. The molecular weight excluding hydrogens is 207 g/mol. The Bertz CT molecular complexity index is 331. The topological polar surface area (TPSA) is 38.5 Å². The van der Waals surface area contributed by atoms with Gasteiger partial charge in [0.2, 0.25) is 0 Å². The number of methoxy groups -OCH3 is 1. The minimum Gasteiger partial charge on any atom is -0.383 e. The van der Waals surface area contributed by atoms with Gasteiger partial charge in [-0.25, -0.2) is 4.39 Å². The number of anilines is 1. The quantitative estimate of drug-likeness (QED) is 0.797. The fraction of sp³-hybridized carbons (Fsp3) is 0.500. The van der Waals surface area contributed by atoms with Crippen LogP contribution >= 0.6 is 0 Å². The van der Waals surface area contributed by atoms with E-state index in [-0.39, 0.29) is 5.82 Å². The van der Waals surface area contributed by atoms with Gasteiger partial charge in [-0.05, 0) is 36.7 Å². The molecule has 1 aromatic carbocycles. The van der Waals surface area contributed by atoms with E-state index in [0.717, 1.165) is 17.8 Å². The Hall–Kier alpha value is -1.13. The molecule has 0 amide bonds. The van der Waals surface area contributed by atoms with Crippen LogP contribution in [0.3, 0.4) is 0 Å². The molecule has 0 aromatic heterocycles. The molecule has 16 heavy (non-hydrogen) atoms. The molecule has 0 aliphatic rings. The SMILES string of the molecule is COCCN(C)c1cc(F)cc(CCN)c1. The first-order chi connectivity index (χ1) is 7.67. The second-order valence-electron chi connectivity index (χ2n) is 3.77. The highest BCUT2D eigenvalue weighted by Gasteiger charge is 2.04. The van der Waals surface area contributed by atoms with Crippen LogP contribution in [0.1, 0.15) is 5.56 Å². The van der Waals surface area contributed by atoms with Crippen LogP contribution < -0.4 is 10.6 Å². The molecule has 0 heterocycles. The second kappa shape index (κ2) is 6.45. The van der Waals surface area contributed by atoms with Crippen molar-refractivity contribution in [2.75, 3.05) is 38.8 Å². The van der Waals surface area contributed by atoms with Gasteiger partial charge in [-0.2, -0.15) is 0 Å². The third kappa shape index (κ3) is 3.79. The maximum Gasteiger partial charge on any atom is 0.125 e. The van der Waals surface area contributed by atoms with E-state index in [2.05, 4.69) is 0 Å². The summed E-state index contributed by atoms with van der Waals surface area (Å²) in [5.74, 6) is -0.217. The van der Waals surface area contributed by atoms with Gasteiger partial charge < -0.3 is 15.4 Å². The van der Waals surface area contributed by atoms with E-state index in [1.807, 2.05) is 18.0 Å². The number of nitrogens with two attached hydrogens (primary N) is 1. The number of benzene rings is 1. The Morgan fingerprint density at radius 1 is 1.38 bits per heavy atom. The van der Waals surface area contributed by atoms with Crippen molar-refractivity contribution in [3.63, 3.8) is 0 Å². The van der Waals surface area contributed by atoms with Crippen molar-refractivity contribution in [3.8, 4) is 0 Å². The van der Waals surface area contributed by atoms with Gasteiger partial charge in [0.15, 0.2) is 0 Å². The predicted molar refractivity (Wildman–Crippen MR) is 64.3 cm³/mol. The molecule has 3 nitrogen and oxygen atoms in total. The van der Waals surface area contributed by atoms with Gasteiger partial charge in [-0.3, -0.25) is 0 Å². The molecule has 0 unspecified atom stereocenters. The van der Waals surface area contributed by atoms with E-state index in [9.17, 15) is 4.39 Å². The number of halogens is 1. The molecule has 0 aliphatic heterocycles. The van der Waals surface area contributed by atoms with Crippen LogP contribution in [0.4, 0.5) is 10.1 Å². The number of hydrogen-bond acceptors (Lipinski definition) is 3. The lowest BCUT2D eigenvalue weighted by Crippen LogP contribution is -2.22. The predicted octanol–water partition coefficient (Wildman–Crippen LogP) is 1.41. The fourth-order valence-electron chi connectivity index (χ4n) is 1.52. The van der Waals surface area contributed by atoms with Gasteiger partial charge >= 0.3 is 0 Å². The normalized spacial score (nSPS) is 10.5. The first-order valence-corrected chi connectivity index (χ1v) is 5.37. The number of hydrogen-bond donors (Lipinski definition) is 1. The average molecular weight is 226 g/mol. The van der Waals surface area contributed by atoms with Crippen LogP contribution in [0.25, 0.3) is 0 Å². The van der Waals surface area contributed by atoms with Gasteiger partial charge in [-0.1, -0.05) is 0 Å². The summed E-state index contributed by atoms with van der Waals surface area (Å²) in [7, 11) is 3.57. The zero-order chi connectivity index (χ0) is 12.0. The molecule has 1 rings (SSSR count). The van der Waals surface area contributed by atoms with Gasteiger partial charge in [-0.15, -0.1) is 0 Å². The monoisotopic (exact) mass is 226 g/mol. The van der Waals surface area contributed by atoms with Crippen LogP contribution in [0.5, 0.6) is 0 Å². The van der Waals surface area contributed by atoms with E-state index in [1.54, 1.807) is 7.11 Å². The van der Waals surface area contributed by atoms with Gasteiger partial charge in [0, 0.05) is 26.4 Å². The summed E-state index contributed by atoms with van der Waals surface area (Å²) in [5, 5.41) is 0. The Labute approximate surface area is 96.0 Å². The fourth-order valence-corrected chi connectivity index (χ4v) is 1.52. The van der Waals surface area contributed by atoms with Gasteiger partial charge in [0.25, 0.3) is 0 Å². The van der Waals surface area contributed by atoms with Crippen LogP contribution in [0.15, 0.2) is 18.2 Å². The molecule has 0 fully saturated rings. The summed E-state index contributed by atoms with van der Waals surface area (Å²) in [6, 6.07) is 5.02. The lowest BCUT2D eigenvalue weighted by Gasteiger charge is -2.19. The maximum absolute atomic E-state index is 13.3. The Morgan fingerprint density at radius 2 is 2.12 bits per heavy atom. The highest BCUT2D eigenvalue weighted by atomic mass is 19.1. The molecule has 0 saturated heterocycles. The van der Waals surface area contributed by atoms with Crippen molar-refractivity contribution in [3.05, 3.63) is 29.6 Å². The minimum atomic E-state index is -0.217. The number of rotatable bonds is 6. The van der Waals surface area contributed by atoms with E-state index in [1.165, 1.54) is 12.1 Å². The standard InChI is InChI=1S/C12H19FN2O/c1-15(5-6-16-2)12-8-10(3-4-14)7-11(13)9-12/h7-9H,3-6,14H2,1-2H3. The summed E-state index contributed by atoms with van der Waals surface area (Å²) in [6.07, 6.45) is 0.697. The van der Waals surface area contributed by atoms with Crippen LogP contribution in [0, 0.1) is 5.82 Å². The Morgan fingerprint density at radius 3 is 2.75 bits per heavy atom. The van der Waals surface area contributed by atoms with Crippen molar-refractivity contribution in [2.24, 2.45) is 5.73 Å². The van der Waals surface area contributed by atoms with Crippen molar-refractivity contribution >= 4 is 5.69 Å². The lowest BCUT2D eigenvalue weighted by molar-refractivity contribution is 0.206. The summed E-state index contributed by atoms with van der Waals surface area (Å²) in [5.41, 5.74) is 7.25. The third-order valence-corrected chi connectivity index (χ3v) is 2.45. The van der Waals surface area contributed by atoms with E-state index >= 15 is 0 Å². The zero-order valence-electron chi connectivity index (χ0n) is 9.87. The molecule has 1 aromatic rings. The summed E-state index contributed by atoms with van der Waals surface area (Å²) >= 11 is 0. The molecule has 4 heteroatoms. The molecule has 0 spiro atoms. The highest BCUT2D eigenvalue weighted by molar-refractivity contribution is 5.48. The summed E-state index contributed by atoms with van der Waals surface area (Å²) < 4.78 is 18.3. The number of nitrogens with zero attached hydrogens (tertiary/aromatic N) is 1. The third-order valence-electron chi connectivity index (χ3n) is 2.45. The first-order valence-electron chi connectivity index (χ1n) is 5.37. The largest absolute Gasteiger partial charge is 0.383 e. The van der Waals surface area contributed by atoms with Crippen molar-refractivity contribution in [1.82, 2.24) is 0 Å². The summed E-state index contributed by atoms with van der Waals surface area (Å²) in [6.45, 7) is 1.89. The van der Waals surface area contributed by atoms with Crippen LogP contribution in [-0.2, 0) is 11.2 Å². The second-order valence-corrected chi connectivity index (χ2v) is 3.77. The smallest absolute Gasteiger partial charge is 0.125 e. The van der Waals surface area contributed by atoms with E-state index in [0.29, 0.717) is 19.6 Å². The summed E-state index contributed by atoms with van der Waals surface area (Å²) in [4.78, 5) is 1.96. The minimum absolute atomic E-state index is 0.217. The number of ether oxygens (including phenoxy) is 1. The Balaban J connectivity index is 2.78. The van der Waals surface area contributed by atoms with E-state index in [4.69, 9.17) is 10.5 Å². The average Bonchev–Trinajstić information content (AvgIpc) is 2.25.